The fourth-order valence-electron chi connectivity index (χ4n) is 2.94. The molecule has 0 aliphatic rings. The minimum absolute atomic E-state index is 0. The molecule has 1 rings (SSSR count). The molecular formula is C21H36KO3S. The first-order valence-corrected chi connectivity index (χ1v) is 11.5. The van der Waals surface area contributed by atoms with Crippen molar-refractivity contribution in [1.29, 1.82) is 0 Å². The van der Waals surface area contributed by atoms with Gasteiger partial charge in [-0.2, -0.15) is 8.42 Å². The van der Waals surface area contributed by atoms with Crippen LogP contribution in [-0.4, -0.2) is 66.4 Å². The predicted molar refractivity (Wildman–Crippen MR) is 111 cm³/mol. The molecular weight excluding hydrogens is 371 g/mol. The number of hydrogen-bond donors (Lipinski definition) is 0. The maximum atomic E-state index is 11.9. The van der Waals surface area contributed by atoms with Crippen molar-refractivity contribution >= 4 is 61.5 Å². The van der Waals surface area contributed by atoms with Gasteiger partial charge in [0.25, 0.3) is 10.1 Å². The summed E-state index contributed by atoms with van der Waals surface area (Å²) >= 11 is 0. The second kappa shape index (κ2) is 17.8. The van der Waals surface area contributed by atoms with Crippen LogP contribution >= 0.6 is 0 Å². The van der Waals surface area contributed by atoms with Crippen LogP contribution in [0.4, 0.5) is 0 Å². The van der Waals surface area contributed by atoms with E-state index < -0.39 is 10.1 Å². The predicted octanol–water partition coefficient (Wildman–Crippen LogP) is 6.10. The number of rotatable bonds is 16. The summed E-state index contributed by atoms with van der Waals surface area (Å²) in [6.07, 6.45) is 16.6. The van der Waals surface area contributed by atoms with Crippen LogP contribution in [0.25, 0.3) is 0 Å². The zero-order valence-corrected chi connectivity index (χ0v) is 20.9. The molecule has 0 heterocycles. The van der Waals surface area contributed by atoms with Crippen molar-refractivity contribution in [3.05, 3.63) is 30.3 Å². The number of benzene rings is 1. The summed E-state index contributed by atoms with van der Waals surface area (Å²) in [6, 6.07) is 8.35. The molecule has 26 heavy (non-hydrogen) atoms. The second-order valence-electron chi connectivity index (χ2n) is 6.83. The van der Waals surface area contributed by atoms with Gasteiger partial charge in [0.15, 0.2) is 0 Å². The minimum Gasteiger partial charge on any atom is -0.266 e. The average molecular weight is 408 g/mol. The molecule has 0 spiro atoms. The molecule has 1 aromatic rings. The third-order valence-corrected chi connectivity index (χ3v) is 5.84. The van der Waals surface area contributed by atoms with E-state index in [4.69, 9.17) is 4.18 Å². The fourth-order valence-corrected chi connectivity index (χ4v) is 3.91. The quantitative estimate of drug-likeness (QED) is 0.189. The van der Waals surface area contributed by atoms with Crippen LogP contribution in [-0.2, 0) is 14.3 Å². The van der Waals surface area contributed by atoms with E-state index in [0.29, 0.717) is 0 Å². The summed E-state index contributed by atoms with van der Waals surface area (Å²) in [7, 11) is -3.58. The van der Waals surface area contributed by atoms with Gasteiger partial charge in [-0.05, 0) is 18.6 Å². The Morgan fingerprint density at radius 1 is 0.692 bits per heavy atom. The molecule has 1 radical (unpaired) electrons. The SMILES string of the molecule is CCCCCCCCCCCCCCCOS(=O)(=O)c1ccccc1.[K]. The van der Waals surface area contributed by atoms with Gasteiger partial charge in [0.2, 0.25) is 0 Å². The van der Waals surface area contributed by atoms with Crippen LogP contribution in [0.1, 0.15) is 90.4 Å². The Hall–Kier alpha value is 0.766. The summed E-state index contributed by atoms with van der Waals surface area (Å²) in [5, 5.41) is 0. The number of unbranched alkanes of at least 4 members (excludes halogenated alkanes) is 12. The molecule has 0 saturated heterocycles. The van der Waals surface area contributed by atoms with E-state index >= 15 is 0 Å². The van der Waals surface area contributed by atoms with Gasteiger partial charge < -0.3 is 0 Å². The van der Waals surface area contributed by atoms with Crippen LogP contribution in [0.3, 0.4) is 0 Å². The Balaban J connectivity index is 0.00000625. The monoisotopic (exact) mass is 407 g/mol. The van der Waals surface area contributed by atoms with Gasteiger partial charge in [-0.3, -0.25) is 4.18 Å². The molecule has 145 valence electrons. The van der Waals surface area contributed by atoms with Crippen LogP contribution in [0.15, 0.2) is 35.2 Å². The Morgan fingerprint density at radius 3 is 1.58 bits per heavy atom. The van der Waals surface area contributed by atoms with Gasteiger partial charge in [0, 0.05) is 51.4 Å². The van der Waals surface area contributed by atoms with Crippen molar-refractivity contribution in [1.82, 2.24) is 0 Å². The minimum atomic E-state index is -3.58. The normalized spacial score (nSPS) is 11.3. The first-order valence-electron chi connectivity index (χ1n) is 10.1. The summed E-state index contributed by atoms with van der Waals surface area (Å²) < 4.78 is 28.9. The maximum absolute atomic E-state index is 11.9. The Labute approximate surface area is 204 Å². The largest absolute Gasteiger partial charge is 0.296 e. The summed E-state index contributed by atoms with van der Waals surface area (Å²) in [6.45, 7) is 2.54. The van der Waals surface area contributed by atoms with E-state index in [1.54, 1.807) is 30.3 Å². The standard InChI is InChI=1S/C21H36O3S.K/c1-2-3-4-5-6-7-8-9-10-11-12-13-17-20-24-25(22,23)21-18-15-14-16-19-21;/h14-16,18-19H,2-13,17,20H2,1H3;. The zero-order chi connectivity index (χ0) is 18.2. The average Bonchev–Trinajstić information content (AvgIpc) is 2.63. The number of hydrogen-bond acceptors (Lipinski definition) is 3. The van der Waals surface area contributed by atoms with Crippen LogP contribution in [0.2, 0.25) is 0 Å². The van der Waals surface area contributed by atoms with Crippen molar-refractivity contribution < 1.29 is 12.6 Å². The van der Waals surface area contributed by atoms with Gasteiger partial charge in [-0.25, -0.2) is 0 Å². The molecule has 0 amide bonds. The van der Waals surface area contributed by atoms with Crippen molar-refractivity contribution in [2.75, 3.05) is 6.61 Å². The third kappa shape index (κ3) is 13.9. The van der Waals surface area contributed by atoms with E-state index in [0.717, 1.165) is 12.8 Å². The molecule has 0 aliphatic heterocycles. The van der Waals surface area contributed by atoms with E-state index in [-0.39, 0.29) is 62.9 Å². The van der Waals surface area contributed by atoms with Gasteiger partial charge in [0.1, 0.15) is 0 Å². The Kier molecular flexibility index (Phi) is 18.4. The van der Waals surface area contributed by atoms with Crippen LogP contribution in [0.5, 0.6) is 0 Å². The van der Waals surface area contributed by atoms with E-state index in [2.05, 4.69) is 6.92 Å². The molecule has 5 heteroatoms. The molecule has 0 saturated carbocycles. The molecule has 0 N–H and O–H groups in total. The maximum Gasteiger partial charge on any atom is 0.296 e. The van der Waals surface area contributed by atoms with Crippen LogP contribution in [0, 0.1) is 0 Å². The van der Waals surface area contributed by atoms with Crippen molar-refractivity contribution in [2.45, 2.75) is 95.3 Å². The van der Waals surface area contributed by atoms with E-state index in [1.165, 1.54) is 70.6 Å². The fraction of sp³-hybridized carbons (Fsp3) is 0.714. The molecule has 0 unspecified atom stereocenters. The van der Waals surface area contributed by atoms with Crippen molar-refractivity contribution in [3.63, 3.8) is 0 Å². The van der Waals surface area contributed by atoms with E-state index in [9.17, 15) is 8.42 Å². The molecule has 0 fully saturated rings. The first kappa shape index (κ1) is 26.8. The van der Waals surface area contributed by atoms with Crippen LogP contribution < -0.4 is 0 Å². The summed E-state index contributed by atoms with van der Waals surface area (Å²) in [5.74, 6) is 0. The molecule has 0 bridgehead atoms. The zero-order valence-electron chi connectivity index (χ0n) is 16.9. The van der Waals surface area contributed by atoms with Gasteiger partial charge >= 0.3 is 0 Å². The molecule has 1 aromatic carbocycles. The van der Waals surface area contributed by atoms with Gasteiger partial charge in [-0.15, -0.1) is 0 Å². The topological polar surface area (TPSA) is 43.4 Å². The first-order chi connectivity index (χ1) is 12.2. The van der Waals surface area contributed by atoms with Crippen molar-refractivity contribution in [3.8, 4) is 0 Å². The summed E-state index contributed by atoms with van der Waals surface area (Å²) in [5.41, 5.74) is 0. The molecule has 0 aromatic heterocycles. The molecule has 0 atom stereocenters. The molecule has 0 aliphatic carbocycles. The third-order valence-electron chi connectivity index (χ3n) is 4.52. The smallest absolute Gasteiger partial charge is 0.266 e. The van der Waals surface area contributed by atoms with Gasteiger partial charge in [0.05, 0.1) is 11.5 Å². The molecule has 3 nitrogen and oxygen atoms in total. The summed E-state index contributed by atoms with van der Waals surface area (Å²) in [4.78, 5) is 0.240. The van der Waals surface area contributed by atoms with E-state index in [1.807, 2.05) is 0 Å². The van der Waals surface area contributed by atoms with Crippen molar-refractivity contribution in [2.24, 2.45) is 0 Å². The second-order valence-corrected chi connectivity index (χ2v) is 8.45. The van der Waals surface area contributed by atoms with Gasteiger partial charge in [-0.1, -0.05) is 102 Å². The Bertz CT molecular complexity index is 517. The Morgan fingerprint density at radius 2 is 1.12 bits per heavy atom.